The summed E-state index contributed by atoms with van der Waals surface area (Å²) in [6, 6.07) is 15.5. The van der Waals surface area contributed by atoms with Crippen LogP contribution in [0.1, 0.15) is 24.1 Å². The normalized spacial score (nSPS) is 11.8. The van der Waals surface area contributed by atoms with Gasteiger partial charge in [0.25, 0.3) is 0 Å². The lowest BCUT2D eigenvalue weighted by molar-refractivity contribution is -0.120. The smallest absolute Gasteiger partial charge is 0.234 e. The van der Waals surface area contributed by atoms with Crippen molar-refractivity contribution in [2.75, 3.05) is 19.7 Å². The molecule has 1 amide bonds. The van der Waals surface area contributed by atoms with Gasteiger partial charge in [-0.3, -0.25) is 4.79 Å². The molecule has 2 aromatic rings. The van der Waals surface area contributed by atoms with E-state index in [9.17, 15) is 4.79 Å². The molecule has 0 aliphatic rings. The number of hydrogen-bond donors (Lipinski definition) is 2. The third-order valence-electron chi connectivity index (χ3n) is 3.62. The number of ether oxygens (including phenoxy) is 1. The molecule has 0 radical (unpaired) electrons. The van der Waals surface area contributed by atoms with Crippen molar-refractivity contribution in [2.24, 2.45) is 0 Å². The molecule has 4 nitrogen and oxygen atoms in total. The lowest BCUT2D eigenvalue weighted by Gasteiger charge is -2.15. The minimum absolute atomic E-state index is 0.00740. The van der Waals surface area contributed by atoms with E-state index < -0.39 is 0 Å². The Morgan fingerprint density at radius 2 is 2.00 bits per heavy atom. The number of amides is 1. The van der Waals surface area contributed by atoms with Gasteiger partial charge in [-0.1, -0.05) is 41.9 Å². The van der Waals surface area contributed by atoms with Crippen LogP contribution < -0.4 is 15.4 Å². The first-order chi connectivity index (χ1) is 11.6. The fourth-order valence-electron chi connectivity index (χ4n) is 2.31. The van der Waals surface area contributed by atoms with E-state index in [2.05, 4.69) is 10.6 Å². The molecule has 0 aliphatic heterocycles. The molecule has 0 unspecified atom stereocenters. The summed E-state index contributed by atoms with van der Waals surface area (Å²) >= 11 is 6.15. The first-order valence-corrected chi connectivity index (χ1v) is 8.38. The molecule has 0 heterocycles. The molecular weight excluding hydrogens is 324 g/mol. The van der Waals surface area contributed by atoms with Crippen LogP contribution in [0, 0.1) is 6.92 Å². The van der Waals surface area contributed by atoms with Gasteiger partial charge in [0.1, 0.15) is 12.4 Å². The Morgan fingerprint density at radius 1 is 1.21 bits per heavy atom. The van der Waals surface area contributed by atoms with Crippen LogP contribution in [-0.2, 0) is 4.79 Å². The summed E-state index contributed by atoms with van der Waals surface area (Å²) in [7, 11) is 0. The van der Waals surface area contributed by atoms with Crippen molar-refractivity contribution in [2.45, 2.75) is 19.9 Å². The standard InChI is InChI=1S/C19H23ClN2O2/c1-14-6-5-7-16(12-14)24-11-10-21-19(23)13-22-15(2)17-8-3-4-9-18(17)20/h3-9,12,15,22H,10-11,13H2,1-2H3,(H,21,23)/t15-/m1/s1. The zero-order chi connectivity index (χ0) is 17.4. The van der Waals surface area contributed by atoms with Gasteiger partial charge in [0.05, 0.1) is 13.1 Å². The fourth-order valence-corrected chi connectivity index (χ4v) is 2.61. The number of carbonyl (C=O) groups excluding carboxylic acids is 1. The molecule has 0 saturated heterocycles. The largest absolute Gasteiger partial charge is 0.492 e. The molecule has 128 valence electrons. The maximum absolute atomic E-state index is 11.9. The van der Waals surface area contributed by atoms with Crippen molar-refractivity contribution in [3.63, 3.8) is 0 Å². The molecular formula is C19H23ClN2O2. The molecule has 2 N–H and O–H groups in total. The Balaban J connectivity index is 1.65. The highest BCUT2D eigenvalue weighted by Crippen LogP contribution is 2.21. The van der Waals surface area contributed by atoms with Crippen molar-refractivity contribution >= 4 is 17.5 Å². The van der Waals surface area contributed by atoms with Crippen molar-refractivity contribution in [1.29, 1.82) is 0 Å². The van der Waals surface area contributed by atoms with Crippen LogP contribution in [0.25, 0.3) is 0 Å². The van der Waals surface area contributed by atoms with E-state index in [4.69, 9.17) is 16.3 Å². The Kier molecular flexibility index (Phi) is 7.09. The molecule has 0 fully saturated rings. The van der Waals surface area contributed by atoms with Gasteiger partial charge in [-0.05, 0) is 43.2 Å². The highest BCUT2D eigenvalue weighted by atomic mass is 35.5. The van der Waals surface area contributed by atoms with Crippen LogP contribution in [-0.4, -0.2) is 25.6 Å². The predicted octanol–water partition coefficient (Wildman–Crippen LogP) is 3.49. The molecule has 5 heteroatoms. The van der Waals surface area contributed by atoms with Gasteiger partial charge >= 0.3 is 0 Å². The summed E-state index contributed by atoms with van der Waals surface area (Å²) in [4.78, 5) is 11.9. The Bertz CT molecular complexity index is 676. The SMILES string of the molecule is Cc1cccc(OCCNC(=O)CN[C@H](C)c2ccccc2Cl)c1. The predicted molar refractivity (Wildman–Crippen MR) is 97.6 cm³/mol. The van der Waals surface area contributed by atoms with Crippen molar-refractivity contribution in [1.82, 2.24) is 10.6 Å². The van der Waals surface area contributed by atoms with Gasteiger partial charge in [-0.2, -0.15) is 0 Å². The van der Waals surface area contributed by atoms with Crippen LogP contribution in [0.2, 0.25) is 5.02 Å². The molecule has 0 saturated carbocycles. The summed E-state index contributed by atoms with van der Waals surface area (Å²) in [6.45, 7) is 5.14. The summed E-state index contributed by atoms with van der Waals surface area (Å²) in [5, 5.41) is 6.70. The van der Waals surface area contributed by atoms with Gasteiger partial charge in [-0.15, -0.1) is 0 Å². The molecule has 1 atom stereocenters. The first kappa shape index (κ1) is 18.3. The topological polar surface area (TPSA) is 50.4 Å². The highest BCUT2D eigenvalue weighted by molar-refractivity contribution is 6.31. The van der Waals surface area contributed by atoms with Gasteiger partial charge in [0.15, 0.2) is 0 Å². The van der Waals surface area contributed by atoms with Crippen LogP contribution in [0.4, 0.5) is 0 Å². The average Bonchev–Trinajstić information content (AvgIpc) is 2.57. The van der Waals surface area contributed by atoms with E-state index in [1.807, 2.05) is 62.4 Å². The second-order valence-corrected chi connectivity index (χ2v) is 6.05. The molecule has 24 heavy (non-hydrogen) atoms. The van der Waals surface area contributed by atoms with E-state index in [0.717, 1.165) is 16.9 Å². The zero-order valence-electron chi connectivity index (χ0n) is 14.0. The van der Waals surface area contributed by atoms with E-state index in [-0.39, 0.29) is 18.5 Å². The van der Waals surface area contributed by atoms with Crippen molar-refractivity contribution < 1.29 is 9.53 Å². The van der Waals surface area contributed by atoms with E-state index in [1.54, 1.807) is 0 Å². The Labute approximate surface area is 148 Å². The van der Waals surface area contributed by atoms with E-state index in [1.165, 1.54) is 0 Å². The number of aryl methyl sites for hydroxylation is 1. The molecule has 2 rings (SSSR count). The lowest BCUT2D eigenvalue weighted by Crippen LogP contribution is -2.37. The number of benzene rings is 2. The number of halogens is 1. The third kappa shape index (κ3) is 5.87. The Morgan fingerprint density at radius 3 is 2.75 bits per heavy atom. The maximum atomic E-state index is 11.9. The maximum Gasteiger partial charge on any atom is 0.234 e. The molecule has 0 spiro atoms. The van der Waals surface area contributed by atoms with Gasteiger partial charge in [0.2, 0.25) is 5.91 Å². The molecule has 0 aliphatic carbocycles. The number of rotatable bonds is 8. The van der Waals surface area contributed by atoms with Crippen LogP contribution in [0.15, 0.2) is 48.5 Å². The van der Waals surface area contributed by atoms with Crippen LogP contribution in [0.5, 0.6) is 5.75 Å². The lowest BCUT2D eigenvalue weighted by atomic mass is 10.1. The quantitative estimate of drug-likeness (QED) is 0.719. The van der Waals surface area contributed by atoms with Crippen LogP contribution >= 0.6 is 11.6 Å². The summed E-state index contributed by atoms with van der Waals surface area (Å²) in [5.41, 5.74) is 2.13. The highest BCUT2D eigenvalue weighted by Gasteiger charge is 2.10. The van der Waals surface area contributed by atoms with Crippen molar-refractivity contribution in [3.8, 4) is 5.75 Å². The average molecular weight is 347 g/mol. The van der Waals surface area contributed by atoms with Gasteiger partial charge < -0.3 is 15.4 Å². The van der Waals surface area contributed by atoms with E-state index >= 15 is 0 Å². The third-order valence-corrected chi connectivity index (χ3v) is 3.97. The second-order valence-electron chi connectivity index (χ2n) is 5.64. The summed E-state index contributed by atoms with van der Waals surface area (Å²) in [5.74, 6) is 0.747. The summed E-state index contributed by atoms with van der Waals surface area (Å²) < 4.78 is 5.60. The number of carbonyl (C=O) groups is 1. The van der Waals surface area contributed by atoms with Gasteiger partial charge in [0, 0.05) is 11.1 Å². The molecule has 0 bridgehead atoms. The summed E-state index contributed by atoms with van der Waals surface area (Å²) in [6.07, 6.45) is 0. The van der Waals surface area contributed by atoms with E-state index in [0.29, 0.717) is 18.2 Å². The van der Waals surface area contributed by atoms with Gasteiger partial charge in [-0.25, -0.2) is 0 Å². The van der Waals surface area contributed by atoms with Crippen LogP contribution in [0.3, 0.4) is 0 Å². The number of nitrogens with one attached hydrogen (secondary N) is 2. The minimum Gasteiger partial charge on any atom is -0.492 e. The second kappa shape index (κ2) is 9.30. The Hall–Kier alpha value is -2.04. The first-order valence-electron chi connectivity index (χ1n) is 8.00. The fraction of sp³-hybridized carbons (Fsp3) is 0.316. The molecule has 0 aromatic heterocycles. The monoisotopic (exact) mass is 346 g/mol. The van der Waals surface area contributed by atoms with Crippen molar-refractivity contribution in [3.05, 3.63) is 64.7 Å². The zero-order valence-corrected chi connectivity index (χ0v) is 14.8. The number of hydrogen-bond acceptors (Lipinski definition) is 3. The molecule has 2 aromatic carbocycles. The minimum atomic E-state index is -0.0678.